The number of nitrogens with one attached hydrogen (secondary N) is 1. The molecule has 36 heavy (non-hydrogen) atoms. The van der Waals surface area contributed by atoms with Crippen molar-refractivity contribution in [3.8, 4) is 0 Å². The molecule has 1 aliphatic rings. The van der Waals surface area contributed by atoms with Gasteiger partial charge in [-0.15, -0.1) is 0 Å². The second-order valence-electron chi connectivity index (χ2n) is 8.82. The van der Waals surface area contributed by atoms with Gasteiger partial charge in [0.1, 0.15) is 6.54 Å². The number of amides is 2. The predicted molar refractivity (Wildman–Crippen MR) is 140 cm³/mol. The van der Waals surface area contributed by atoms with Crippen molar-refractivity contribution in [3.05, 3.63) is 94.5 Å². The van der Waals surface area contributed by atoms with Crippen molar-refractivity contribution in [2.24, 2.45) is 0 Å². The van der Waals surface area contributed by atoms with E-state index in [1.54, 1.807) is 24.3 Å². The van der Waals surface area contributed by atoms with Gasteiger partial charge in [-0.3, -0.25) is 13.9 Å². The predicted octanol–water partition coefficient (Wildman–Crippen LogP) is 4.28. The van der Waals surface area contributed by atoms with Crippen LogP contribution in [0.15, 0.2) is 77.7 Å². The average Bonchev–Trinajstić information content (AvgIpc) is 3.26. The van der Waals surface area contributed by atoms with Crippen LogP contribution in [0.3, 0.4) is 0 Å². The minimum absolute atomic E-state index is 0.0458. The molecule has 0 atom stereocenters. The molecular formula is C27H28ClN3O4S. The molecule has 1 fully saturated rings. The number of aryl methyl sites for hydroxylation is 1. The molecule has 1 aliphatic heterocycles. The van der Waals surface area contributed by atoms with E-state index >= 15 is 0 Å². The molecule has 0 saturated carbocycles. The van der Waals surface area contributed by atoms with E-state index in [0.29, 0.717) is 23.7 Å². The molecule has 4 rings (SSSR count). The lowest BCUT2D eigenvalue weighted by molar-refractivity contribution is -0.128. The zero-order valence-electron chi connectivity index (χ0n) is 20.0. The molecule has 3 aromatic rings. The Bertz CT molecular complexity index is 1340. The lowest BCUT2D eigenvalue weighted by atomic mass is 10.1. The van der Waals surface area contributed by atoms with Crippen molar-refractivity contribution in [3.63, 3.8) is 0 Å². The Hall–Kier alpha value is -3.36. The van der Waals surface area contributed by atoms with E-state index in [2.05, 4.69) is 5.32 Å². The number of carbonyl (C=O) groups excluding carboxylic acids is 2. The summed E-state index contributed by atoms with van der Waals surface area (Å²) in [6.45, 7) is 3.07. The molecule has 1 heterocycles. The van der Waals surface area contributed by atoms with Gasteiger partial charge in [0.05, 0.1) is 10.6 Å². The van der Waals surface area contributed by atoms with E-state index in [4.69, 9.17) is 11.6 Å². The fraction of sp³-hybridized carbons (Fsp3) is 0.259. The molecule has 2 amide bonds. The van der Waals surface area contributed by atoms with Crippen molar-refractivity contribution in [1.29, 1.82) is 0 Å². The highest BCUT2D eigenvalue weighted by Crippen LogP contribution is 2.25. The molecule has 0 aromatic heterocycles. The smallest absolute Gasteiger partial charge is 0.264 e. The zero-order chi connectivity index (χ0) is 25.7. The second kappa shape index (κ2) is 11.1. The van der Waals surface area contributed by atoms with Gasteiger partial charge in [-0.25, -0.2) is 8.42 Å². The summed E-state index contributed by atoms with van der Waals surface area (Å²) < 4.78 is 28.0. The highest BCUT2D eigenvalue weighted by atomic mass is 35.5. The molecular weight excluding hydrogens is 498 g/mol. The number of anilines is 1. The lowest BCUT2D eigenvalue weighted by Gasteiger charge is -2.24. The number of hydrogen-bond acceptors (Lipinski definition) is 4. The first-order valence-electron chi connectivity index (χ1n) is 11.7. The summed E-state index contributed by atoms with van der Waals surface area (Å²) in [4.78, 5) is 26.7. The quantitative estimate of drug-likeness (QED) is 0.451. The van der Waals surface area contributed by atoms with Crippen molar-refractivity contribution >= 4 is 39.1 Å². The average molecular weight is 526 g/mol. The molecule has 1 N–H and O–H groups in total. The van der Waals surface area contributed by atoms with E-state index in [1.807, 2.05) is 36.1 Å². The number of rotatable bonds is 9. The number of halogens is 1. The van der Waals surface area contributed by atoms with E-state index in [0.717, 1.165) is 34.0 Å². The Balaban J connectivity index is 1.47. The third-order valence-corrected chi connectivity index (χ3v) is 8.08. The Morgan fingerprint density at radius 1 is 1.03 bits per heavy atom. The summed E-state index contributed by atoms with van der Waals surface area (Å²) in [6, 6.07) is 20.5. The summed E-state index contributed by atoms with van der Waals surface area (Å²) in [5, 5.41) is 3.25. The van der Waals surface area contributed by atoms with Crippen LogP contribution in [0.1, 0.15) is 29.5 Å². The van der Waals surface area contributed by atoms with Gasteiger partial charge >= 0.3 is 0 Å². The third-order valence-electron chi connectivity index (χ3n) is 6.04. The number of sulfonamides is 1. The van der Waals surface area contributed by atoms with Crippen molar-refractivity contribution in [2.45, 2.75) is 37.8 Å². The topological polar surface area (TPSA) is 86.8 Å². The Labute approximate surface area is 216 Å². The van der Waals surface area contributed by atoms with E-state index in [-0.39, 0.29) is 23.9 Å². The van der Waals surface area contributed by atoms with Crippen LogP contribution in [0.5, 0.6) is 0 Å². The molecule has 1 saturated heterocycles. The van der Waals surface area contributed by atoms with Crippen LogP contribution >= 0.6 is 11.6 Å². The highest BCUT2D eigenvalue weighted by molar-refractivity contribution is 7.92. The number of hydrogen-bond donors (Lipinski definition) is 1. The molecule has 3 aromatic carbocycles. The fourth-order valence-electron chi connectivity index (χ4n) is 4.08. The van der Waals surface area contributed by atoms with Crippen LogP contribution in [-0.2, 0) is 32.7 Å². The standard InChI is InChI=1S/C27H28ClN3O4S/c1-20-7-11-24(12-8-20)31(36(34,35)25-13-9-23(28)10-14-25)19-26(32)29-17-21-4-2-5-22(16-21)18-30-15-3-6-27(30)33/h2,4-5,7-14,16H,3,6,15,17-19H2,1H3,(H,29,32). The largest absolute Gasteiger partial charge is 0.350 e. The molecule has 9 heteroatoms. The van der Waals surface area contributed by atoms with E-state index < -0.39 is 15.9 Å². The first-order valence-corrected chi connectivity index (χ1v) is 13.5. The second-order valence-corrected chi connectivity index (χ2v) is 11.1. The Morgan fingerprint density at radius 2 is 1.72 bits per heavy atom. The van der Waals surface area contributed by atoms with Gasteiger partial charge in [0.2, 0.25) is 11.8 Å². The van der Waals surface area contributed by atoms with Crippen LogP contribution in [0.4, 0.5) is 5.69 Å². The lowest BCUT2D eigenvalue weighted by Crippen LogP contribution is -2.40. The maximum Gasteiger partial charge on any atom is 0.264 e. The fourth-order valence-corrected chi connectivity index (χ4v) is 5.62. The molecule has 0 aliphatic carbocycles. The molecule has 0 bridgehead atoms. The summed E-state index contributed by atoms with van der Waals surface area (Å²) in [5.74, 6) is -0.278. The monoisotopic (exact) mass is 525 g/mol. The number of nitrogens with zero attached hydrogens (tertiary/aromatic N) is 2. The van der Waals surface area contributed by atoms with Gasteiger partial charge in [0.15, 0.2) is 0 Å². The van der Waals surface area contributed by atoms with Gasteiger partial charge in [0.25, 0.3) is 10.0 Å². The molecule has 0 radical (unpaired) electrons. The molecule has 0 unspecified atom stereocenters. The first-order chi connectivity index (χ1) is 17.2. The number of carbonyl (C=O) groups is 2. The van der Waals surface area contributed by atoms with Gasteiger partial charge in [0, 0.05) is 31.1 Å². The van der Waals surface area contributed by atoms with E-state index in [1.165, 1.54) is 24.3 Å². The van der Waals surface area contributed by atoms with E-state index in [9.17, 15) is 18.0 Å². The number of likely N-dealkylation sites (tertiary alicyclic amines) is 1. The summed E-state index contributed by atoms with van der Waals surface area (Å²) >= 11 is 5.93. The third kappa shape index (κ3) is 6.25. The number of benzene rings is 3. The minimum Gasteiger partial charge on any atom is -0.350 e. The molecule has 7 nitrogen and oxygen atoms in total. The molecule has 0 spiro atoms. The maximum absolute atomic E-state index is 13.4. The first kappa shape index (κ1) is 25.7. The van der Waals surface area contributed by atoms with Gasteiger partial charge in [-0.2, -0.15) is 0 Å². The Kier molecular flexibility index (Phi) is 7.96. The van der Waals surface area contributed by atoms with Crippen molar-refractivity contribution in [2.75, 3.05) is 17.4 Å². The summed E-state index contributed by atoms with van der Waals surface area (Å²) in [6.07, 6.45) is 1.47. The SMILES string of the molecule is Cc1ccc(N(CC(=O)NCc2cccc(CN3CCCC3=O)c2)S(=O)(=O)c2ccc(Cl)cc2)cc1. The van der Waals surface area contributed by atoms with Gasteiger partial charge in [-0.1, -0.05) is 53.6 Å². The maximum atomic E-state index is 13.4. The van der Waals surface area contributed by atoms with Crippen LogP contribution < -0.4 is 9.62 Å². The normalized spacial score (nSPS) is 13.6. The minimum atomic E-state index is -4.01. The Morgan fingerprint density at radius 3 is 2.39 bits per heavy atom. The zero-order valence-corrected chi connectivity index (χ0v) is 21.6. The summed E-state index contributed by atoms with van der Waals surface area (Å²) in [7, 11) is -4.01. The van der Waals surface area contributed by atoms with Crippen molar-refractivity contribution in [1.82, 2.24) is 10.2 Å². The van der Waals surface area contributed by atoms with Crippen LogP contribution in [0.2, 0.25) is 5.02 Å². The van der Waals surface area contributed by atoms with Crippen LogP contribution in [0.25, 0.3) is 0 Å². The van der Waals surface area contributed by atoms with Gasteiger partial charge < -0.3 is 10.2 Å². The highest BCUT2D eigenvalue weighted by Gasteiger charge is 2.27. The van der Waals surface area contributed by atoms with Crippen LogP contribution in [-0.4, -0.2) is 38.2 Å². The van der Waals surface area contributed by atoms with Crippen molar-refractivity contribution < 1.29 is 18.0 Å². The summed E-state index contributed by atoms with van der Waals surface area (Å²) in [5.41, 5.74) is 3.23. The molecule has 188 valence electrons. The van der Waals surface area contributed by atoms with Gasteiger partial charge in [-0.05, 0) is 60.9 Å². The van der Waals surface area contributed by atoms with Crippen LogP contribution in [0, 0.1) is 6.92 Å².